The molecule has 0 aliphatic heterocycles. The van der Waals surface area contributed by atoms with Crippen LogP contribution in [0.1, 0.15) is 21.5 Å². The molecular formula is C17H18ClNO3. The maximum atomic E-state index is 12.5. The molecule has 1 amide bonds. The largest absolute Gasteiger partial charge is 0.495 e. The zero-order valence-corrected chi connectivity index (χ0v) is 13.7. The fourth-order valence-electron chi connectivity index (χ4n) is 2.14. The lowest BCUT2D eigenvalue weighted by atomic mass is 10.0. The van der Waals surface area contributed by atoms with E-state index in [1.54, 1.807) is 18.2 Å². The molecule has 0 saturated heterocycles. The number of carbonyl (C=O) groups is 1. The van der Waals surface area contributed by atoms with E-state index in [1.807, 2.05) is 26.0 Å². The van der Waals surface area contributed by atoms with Gasteiger partial charge in [-0.3, -0.25) is 4.79 Å². The molecule has 22 heavy (non-hydrogen) atoms. The van der Waals surface area contributed by atoms with Crippen LogP contribution in [-0.4, -0.2) is 20.1 Å². The monoisotopic (exact) mass is 319 g/mol. The van der Waals surface area contributed by atoms with E-state index < -0.39 is 0 Å². The Bertz CT molecular complexity index is 713. The summed E-state index contributed by atoms with van der Waals surface area (Å²) in [4.78, 5) is 12.5. The summed E-state index contributed by atoms with van der Waals surface area (Å²) in [5.41, 5.74) is 3.14. The average Bonchev–Trinajstić information content (AvgIpc) is 2.51. The number of rotatable bonds is 4. The summed E-state index contributed by atoms with van der Waals surface area (Å²) in [5.74, 6) is 0.743. The van der Waals surface area contributed by atoms with Gasteiger partial charge in [0.05, 0.1) is 24.9 Å². The number of carbonyl (C=O) groups excluding carboxylic acids is 1. The SMILES string of the molecule is COc1cc(NC(=O)c2cccc(C)c2C)c(OC)cc1Cl. The van der Waals surface area contributed by atoms with Crippen molar-refractivity contribution in [3.8, 4) is 11.5 Å². The van der Waals surface area contributed by atoms with Crippen LogP contribution in [-0.2, 0) is 0 Å². The summed E-state index contributed by atoms with van der Waals surface area (Å²) in [6.07, 6.45) is 0. The van der Waals surface area contributed by atoms with E-state index in [2.05, 4.69) is 5.32 Å². The second kappa shape index (κ2) is 6.71. The van der Waals surface area contributed by atoms with Gasteiger partial charge in [-0.05, 0) is 31.0 Å². The van der Waals surface area contributed by atoms with E-state index in [0.29, 0.717) is 27.8 Å². The van der Waals surface area contributed by atoms with E-state index in [4.69, 9.17) is 21.1 Å². The van der Waals surface area contributed by atoms with E-state index in [1.165, 1.54) is 14.2 Å². The molecule has 0 saturated carbocycles. The molecule has 0 radical (unpaired) electrons. The highest BCUT2D eigenvalue weighted by Crippen LogP contribution is 2.36. The first-order valence-electron chi connectivity index (χ1n) is 6.77. The van der Waals surface area contributed by atoms with E-state index in [-0.39, 0.29) is 5.91 Å². The van der Waals surface area contributed by atoms with Gasteiger partial charge in [0.1, 0.15) is 11.5 Å². The van der Waals surface area contributed by atoms with Crippen LogP contribution in [0, 0.1) is 13.8 Å². The molecule has 2 aromatic rings. The highest BCUT2D eigenvalue weighted by Gasteiger charge is 2.15. The van der Waals surface area contributed by atoms with Crippen molar-refractivity contribution in [2.75, 3.05) is 19.5 Å². The van der Waals surface area contributed by atoms with Crippen LogP contribution in [0.4, 0.5) is 5.69 Å². The van der Waals surface area contributed by atoms with Crippen molar-refractivity contribution in [2.45, 2.75) is 13.8 Å². The molecule has 1 N–H and O–H groups in total. The summed E-state index contributed by atoms with van der Waals surface area (Å²) >= 11 is 6.06. The second-order valence-electron chi connectivity index (χ2n) is 4.89. The number of methoxy groups -OCH3 is 2. The van der Waals surface area contributed by atoms with Crippen molar-refractivity contribution in [2.24, 2.45) is 0 Å². The molecule has 5 heteroatoms. The van der Waals surface area contributed by atoms with Crippen molar-refractivity contribution in [3.63, 3.8) is 0 Å². The van der Waals surface area contributed by atoms with Gasteiger partial charge in [0.15, 0.2) is 0 Å². The number of anilines is 1. The number of nitrogens with one attached hydrogen (secondary N) is 1. The van der Waals surface area contributed by atoms with E-state index >= 15 is 0 Å². The number of benzene rings is 2. The van der Waals surface area contributed by atoms with Gasteiger partial charge in [0, 0.05) is 17.7 Å². The Kier molecular flexibility index (Phi) is 4.93. The normalized spacial score (nSPS) is 10.2. The van der Waals surface area contributed by atoms with Crippen molar-refractivity contribution in [1.29, 1.82) is 0 Å². The Morgan fingerprint density at radius 2 is 1.77 bits per heavy atom. The number of aryl methyl sites for hydroxylation is 1. The summed E-state index contributed by atoms with van der Waals surface area (Å²) < 4.78 is 10.4. The summed E-state index contributed by atoms with van der Waals surface area (Å²) in [6.45, 7) is 3.89. The van der Waals surface area contributed by atoms with Crippen molar-refractivity contribution in [3.05, 3.63) is 52.0 Å². The average molecular weight is 320 g/mol. The Morgan fingerprint density at radius 3 is 2.41 bits per heavy atom. The molecule has 0 spiro atoms. The van der Waals surface area contributed by atoms with Crippen LogP contribution in [0.2, 0.25) is 5.02 Å². The van der Waals surface area contributed by atoms with Gasteiger partial charge >= 0.3 is 0 Å². The quantitative estimate of drug-likeness (QED) is 0.917. The summed E-state index contributed by atoms with van der Waals surface area (Å²) in [7, 11) is 3.04. The van der Waals surface area contributed by atoms with Gasteiger partial charge in [-0.25, -0.2) is 0 Å². The standard InChI is InChI=1S/C17H18ClNO3/c1-10-6-5-7-12(11(10)2)17(20)19-14-9-15(21-3)13(18)8-16(14)22-4/h5-9H,1-4H3,(H,19,20). The van der Waals surface area contributed by atoms with Crippen LogP contribution < -0.4 is 14.8 Å². The summed E-state index contributed by atoms with van der Waals surface area (Å²) in [6, 6.07) is 8.87. The molecular weight excluding hydrogens is 302 g/mol. The minimum Gasteiger partial charge on any atom is -0.495 e. The van der Waals surface area contributed by atoms with Crippen LogP contribution in [0.5, 0.6) is 11.5 Å². The predicted molar refractivity (Wildman–Crippen MR) is 88.4 cm³/mol. The topological polar surface area (TPSA) is 47.6 Å². The molecule has 4 nitrogen and oxygen atoms in total. The number of ether oxygens (including phenoxy) is 2. The first kappa shape index (κ1) is 16.2. The van der Waals surface area contributed by atoms with Crippen molar-refractivity contribution < 1.29 is 14.3 Å². The number of hydrogen-bond acceptors (Lipinski definition) is 3. The molecule has 2 aromatic carbocycles. The number of hydrogen-bond donors (Lipinski definition) is 1. The predicted octanol–water partition coefficient (Wildman–Crippen LogP) is 4.23. The zero-order valence-electron chi connectivity index (χ0n) is 13.0. The van der Waals surface area contributed by atoms with Gasteiger partial charge in [-0.2, -0.15) is 0 Å². The molecule has 0 heterocycles. The van der Waals surface area contributed by atoms with Gasteiger partial charge in [-0.15, -0.1) is 0 Å². The van der Waals surface area contributed by atoms with Gasteiger partial charge in [0.25, 0.3) is 5.91 Å². The molecule has 0 aliphatic carbocycles. The molecule has 2 rings (SSSR count). The van der Waals surface area contributed by atoms with Crippen LogP contribution in [0.25, 0.3) is 0 Å². The molecule has 116 valence electrons. The molecule has 0 bridgehead atoms. The third-order valence-electron chi connectivity index (χ3n) is 3.57. The Hall–Kier alpha value is -2.20. The highest BCUT2D eigenvalue weighted by atomic mass is 35.5. The number of halogens is 1. The van der Waals surface area contributed by atoms with Crippen molar-refractivity contribution in [1.82, 2.24) is 0 Å². The third-order valence-corrected chi connectivity index (χ3v) is 3.87. The fraction of sp³-hybridized carbons (Fsp3) is 0.235. The third kappa shape index (κ3) is 3.17. The molecule has 0 aromatic heterocycles. The Labute approximate surface area is 135 Å². The molecule has 0 unspecified atom stereocenters. The van der Waals surface area contributed by atoms with Crippen molar-refractivity contribution >= 4 is 23.2 Å². The fourth-order valence-corrected chi connectivity index (χ4v) is 2.38. The molecule has 0 fully saturated rings. The van der Waals surface area contributed by atoms with E-state index in [0.717, 1.165) is 11.1 Å². The van der Waals surface area contributed by atoms with Crippen LogP contribution in [0.3, 0.4) is 0 Å². The van der Waals surface area contributed by atoms with Crippen LogP contribution in [0.15, 0.2) is 30.3 Å². The Morgan fingerprint density at radius 1 is 1.09 bits per heavy atom. The van der Waals surface area contributed by atoms with Gasteiger partial charge < -0.3 is 14.8 Å². The van der Waals surface area contributed by atoms with Gasteiger partial charge in [-0.1, -0.05) is 23.7 Å². The summed E-state index contributed by atoms with van der Waals surface area (Å²) in [5, 5.41) is 3.27. The smallest absolute Gasteiger partial charge is 0.256 e. The number of amides is 1. The minimum atomic E-state index is -0.205. The molecule has 0 aliphatic rings. The maximum absolute atomic E-state index is 12.5. The second-order valence-corrected chi connectivity index (χ2v) is 5.30. The first-order valence-corrected chi connectivity index (χ1v) is 7.14. The highest BCUT2D eigenvalue weighted by molar-refractivity contribution is 6.32. The maximum Gasteiger partial charge on any atom is 0.256 e. The molecule has 0 atom stereocenters. The minimum absolute atomic E-state index is 0.205. The van der Waals surface area contributed by atoms with Crippen LogP contribution >= 0.6 is 11.6 Å². The lowest BCUT2D eigenvalue weighted by Gasteiger charge is -2.14. The Balaban J connectivity index is 2.37. The first-order chi connectivity index (χ1) is 10.5. The lowest BCUT2D eigenvalue weighted by Crippen LogP contribution is -2.14. The zero-order chi connectivity index (χ0) is 16.3. The van der Waals surface area contributed by atoms with Gasteiger partial charge in [0.2, 0.25) is 0 Å². The van der Waals surface area contributed by atoms with E-state index in [9.17, 15) is 4.79 Å². The lowest BCUT2D eigenvalue weighted by molar-refractivity contribution is 0.102.